The van der Waals surface area contributed by atoms with Crippen LogP contribution in [0.4, 0.5) is 0 Å². The molecule has 7 aliphatic rings. The van der Waals surface area contributed by atoms with E-state index in [1.165, 1.54) is 51.4 Å². The molecule has 7 atom stereocenters. The number of hydrogen-bond acceptors (Lipinski definition) is 3. The van der Waals surface area contributed by atoms with E-state index in [-0.39, 0.29) is 23.6 Å². The third-order valence-corrected chi connectivity index (χ3v) is 10.9. The number of hydrogen-bond donors (Lipinski definition) is 0. The van der Waals surface area contributed by atoms with Gasteiger partial charge < -0.3 is 9.47 Å². The molecule has 0 radical (unpaired) electrons. The number of esters is 1. The Bertz CT molecular complexity index is 643. The second kappa shape index (κ2) is 6.71. The standard InChI is InChI=1S/C26H40O3/c1-4-16-12-17(5-2)23-22(16)21-13-20(24(23)28-21)25(27)29-26(6-3)18-8-14-7-15(10-18)11-19(26)9-14/h14-24H,4-13H2,1-3H3. The summed E-state index contributed by atoms with van der Waals surface area (Å²) in [6.07, 6.45) is 12.9. The third kappa shape index (κ3) is 2.55. The van der Waals surface area contributed by atoms with Crippen LogP contribution >= 0.6 is 0 Å². The fourth-order valence-corrected chi connectivity index (χ4v) is 9.88. The normalized spacial score (nSPS) is 56.7. The molecule has 7 unspecified atom stereocenters. The lowest BCUT2D eigenvalue weighted by atomic mass is 9.49. The largest absolute Gasteiger partial charge is 0.458 e. The first-order valence-electron chi connectivity index (χ1n) is 13.0. The summed E-state index contributed by atoms with van der Waals surface area (Å²) >= 11 is 0. The Labute approximate surface area is 176 Å². The van der Waals surface area contributed by atoms with Crippen LogP contribution in [0.25, 0.3) is 0 Å². The molecule has 0 aromatic heterocycles. The predicted octanol–water partition coefficient (Wildman–Crippen LogP) is 5.61. The van der Waals surface area contributed by atoms with Gasteiger partial charge in [0.2, 0.25) is 0 Å². The minimum absolute atomic E-state index is 0.00604. The molecule has 3 heteroatoms. The first-order valence-corrected chi connectivity index (χ1v) is 13.0. The van der Waals surface area contributed by atoms with Crippen LogP contribution in [0.3, 0.4) is 0 Å². The lowest BCUT2D eigenvalue weighted by molar-refractivity contribution is -0.216. The zero-order valence-electron chi connectivity index (χ0n) is 18.6. The van der Waals surface area contributed by atoms with Gasteiger partial charge in [-0.25, -0.2) is 0 Å². The van der Waals surface area contributed by atoms with E-state index in [9.17, 15) is 4.79 Å². The number of carbonyl (C=O) groups is 1. The van der Waals surface area contributed by atoms with E-state index >= 15 is 0 Å². The minimum Gasteiger partial charge on any atom is -0.458 e. The number of ether oxygens (including phenoxy) is 2. The molecular weight excluding hydrogens is 360 g/mol. The van der Waals surface area contributed by atoms with E-state index in [1.807, 2.05) is 0 Å². The lowest BCUT2D eigenvalue weighted by Gasteiger charge is -2.60. The summed E-state index contributed by atoms with van der Waals surface area (Å²) in [6, 6.07) is 0. The summed E-state index contributed by atoms with van der Waals surface area (Å²) < 4.78 is 13.2. The van der Waals surface area contributed by atoms with Crippen molar-refractivity contribution in [3.8, 4) is 0 Å². The van der Waals surface area contributed by atoms with Gasteiger partial charge in [0, 0.05) is 0 Å². The van der Waals surface area contributed by atoms with Crippen molar-refractivity contribution in [3.05, 3.63) is 0 Å². The van der Waals surface area contributed by atoms with Gasteiger partial charge in [0.15, 0.2) is 0 Å². The fraction of sp³-hybridized carbons (Fsp3) is 0.962. The zero-order chi connectivity index (χ0) is 19.9. The SMILES string of the molecule is CCC1CC(CC)C2C3OC(CC3C(=O)OC3(CC)C4CC5CC(C4)CC3C5)C12. The molecule has 5 saturated carbocycles. The van der Waals surface area contributed by atoms with Gasteiger partial charge in [0.1, 0.15) is 5.60 Å². The van der Waals surface area contributed by atoms with Crippen molar-refractivity contribution in [2.24, 2.45) is 53.3 Å². The molecule has 7 rings (SSSR count). The van der Waals surface area contributed by atoms with Crippen molar-refractivity contribution < 1.29 is 14.3 Å². The monoisotopic (exact) mass is 400 g/mol. The Balaban J connectivity index is 1.22. The highest BCUT2D eigenvalue weighted by atomic mass is 16.6. The van der Waals surface area contributed by atoms with Crippen molar-refractivity contribution in [2.45, 2.75) is 103 Å². The van der Waals surface area contributed by atoms with Gasteiger partial charge in [-0.1, -0.05) is 33.6 Å². The number of rotatable bonds is 5. The van der Waals surface area contributed by atoms with E-state index < -0.39 is 0 Å². The van der Waals surface area contributed by atoms with Crippen molar-refractivity contribution in [1.82, 2.24) is 0 Å². The first kappa shape index (κ1) is 19.1. The number of fused-ring (bicyclic) bond motifs is 5. The summed E-state index contributed by atoms with van der Waals surface area (Å²) in [4.78, 5) is 13.6. The quantitative estimate of drug-likeness (QED) is 0.563. The van der Waals surface area contributed by atoms with Crippen molar-refractivity contribution >= 4 is 5.97 Å². The Hall–Kier alpha value is -0.570. The summed E-state index contributed by atoms with van der Waals surface area (Å²) in [5.74, 6) is 6.07. The van der Waals surface area contributed by atoms with Gasteiger partial charge in [-0.3, -0.25) is 4.79 Å². The Morgan fingerprint density at radius 3 is 2.07 bits per heavy atom. The Morgan fingerprint density at radius 2 is 1.48 bits per heavy atom. The van der Waals surface area contributed by atoms with Crippen LogP contribution < -0.4 is 0 Å². The van der Waals surface area contributed by atoms with Gasteiger partial charge in [0.25, 0.3) is 0 Å². The van der Waals surface area contributed by atoms with Crippen LogP contribution in [-0.4, -0.2) is 23.8 Å². The average molecular weight is 401 g/mol. The Kier molecular flexibility index (Phi) is 4.43. The molecule has 162 valence electrons. The van der Waals surface area contributed by atoms with Gasteiger partial charge in [-0.15, -0.1) is 0 Å². The van der Waals surface area contributed by atoms with E-state index in [0.717, 1.165) is 36.5 Å². The van der Waals surface area contributed by atoms with Gasteiger partial charge in [-0.05, 0) is 98.7 Å². The molecule has 0 N–H and O–H groups in total. The molecule has 2 aliphatic heterocycles. The Morgan fingerprint density at radius 1 is 0.862 bits per heavy atom. The summed E-state index contributed by atoms with van der Waals surface area (Å²) in [7, 11) is 0. The van der Waals surface area contributed by atoms with Crippen molar-refractivity contribution in [2.75, 3.05) is 0 Å². The van der Waals surface area contributed by atoms with E-state index in [4.69, 9.17) is 9.47 Å². The van der Waals surface area contributed by atoms with Crippen LogP contribution in [0.5, 0.6) is 0 Å². The summed E-state index contributed by atoms with van der Waals surface area (Å²) in [6.45, 7) is 6.95. The zero-order valence-corrected chi connectivity index (χ0v) is 18.6. The molecule has 7 fully saturated rings. The molecular formula is C26H40O3. The molecule has 3 nitrogen and oxygen atoms in total. The van der Waals surface area contributed by atoms with Crippen LogP contribution in [0.2, 0.25) is 0 Å². The molecule has 2 heterocycles. The van der Waals surface area contributed by atoms with Gasteiger partial charge >= 0.3 is 5.97 Å². The minimum atomic E-state index is -0.155. The summed E-state index contributed by atoms with van der Waals surface area (Å²) in [5.41, 5.74) is -0.155. The molecule has 0 aromatic rings. The highest BCUT2D eigenvalue weighted by molar-refractivity contribution is 5.74. The molecule has 0 spiro atoms. The van der Waals surface area contributed by atoms with Crippen molar-refractivity contribution in [3.63, 3.8) is 0 Å². The smallest absolute Gasteiger partial charge is 0.312 e. The second-order valence-corrected chi connectivity index (χ2v) is 11.7. The van der Waals surface area contributed by atoms with Gasteiger partial charge in [-0.2, -0.15) is 0 Å². The van der Waals surface area contributed by atoms with Crippen molar-refractivity contribution in [1.29, 1.82) is 0 Å². The maximum Gasteiger partial charge on any atom is 0.312 e. The van der Waals surface area contributed by atoms with Crippen LogP contribution in [0.15, 0.2) is 0 Å². The molecule has 29 heavy (non-hydrogen) atoms. The van der Waals surface area contributed by atoms with Crippen LogP contribution in [0.1, 0.15) is 85.0 Å². The maximum absolute atomic E-state index is 13.6. The lowest BCUT2D eigenvalue weighted by Crippen LogP contribution is -2.60. The second-order valence-electron chi connectivity index (χ2n) is 11.7. The summed E-state index contributed by atoms with van der Waals surface area (Å²) in [5, 5.41) is 0. The molecule has 6 bridgehead atoms. The maximum atomic E-state index is 13.6. The first-order chi connectivity index (χ1) is 14.1. The molecule has 0 amide bonds. The topological polar surface area (TPSA) is 35.5 Å². The average Bonchev–Trinajstić information content (AvgIpc) is 3.40. The van der Waals surface area contributed by atoms with E-state index in [2.05, 4.69) is 20.8 Å². The number of carbonyl (C=O) groups excluding carboxylic acids is 1. The van der Waals surface area contributed by atoms with Gasteiger partial charge in [0.05, 0.1) is 18.1 Å². The van der Waals surface area contributed by atoms with E-state index in [1.54, 1.807) is 0 Å². The third-order valence-electron chi connectivity index (χ3n) is 10.9. The van der Waals surface area contributed by atoms with Crippen LogP contribution in [-0.2, 0) is 14.3 Å². The molecule has 2 saturated heterocycles. The molecule has 0 aromatic carbocycles. The molecule has 5 aliphatic carbocycles. The highest BCUT2D eigenvalue weighted by Crippen LogP contribution is 2.63. The van der Waals surface area contributed by atoms with Crippen LogP contribution in [0, 0.1) is 53.3 Å². The highest BCUT2D eigenvalue weighted by Gasteiger charge is 2.64. The predicted molar refractivity (Wildman–Crippen MR) is 112 cm³/mol. The fourth-order valence-electron chi connectivity index (χ4n) is 9.88. The van der Waals surface area contributed by atoms with E-state index in [0.29, 0.717) is 29.8 Å².